The molecule has 202 valence electrons. The summed E-state index contributed by atoms with van der Waals surface area (Å²) in [5.41, 5.74) is 19.1. The van der Waals surface area contributed by atoms with E-state index in [-0.39, 0.29) is 38.4 Å². The van der Waals surface area contributed by atoms with Crippen LogP contribution in [-0.4, -0.2) is 76.2 Å². The molecule has 0 unspecified atom stereocenters. The molecule has 2 aromatic carbocycles. The highest BCUT2D eigenvalue weighted by Gasteiger charge is 2.32. The Bertz CT molecular complexity index is 1250. The fraction of sp³-hybridized carbons (Fsp3) is 0.346. The van der Waals surface area contributed by atoms with Gasteiger partial charge in [-0.05, 0) is 24.6 Å². The highest BCUT2D eigenvalue weighted by molar-refractivity contribution is 5.99. The number of amides is 3. The monoisotopic (exact) mass is 522 g/mol. The molecule has 0 bridgehead atoms. The van der Waals surface area contributed by atoms with Gasteiger partial charge in [0.05, 0.1) is 18.0 Å². The number of nitrogens with two attached hydrogens (primary N) is 3. The Morgan fingerprint density at radius 2 is 1.63 bits per heavy atom. The van der Waals surface area contributed by atoms with Crippen LogP contribution in [0.5, 0.6) is 0 Å². The van der Waals surface area contributed by atoms with Crippen LogP contribution in [0.3, 0.4) is 0 Å². The number of hydrogen-bond donors (Lipinski definition) is 6. The molecule has 9 N–H and O–H groups in total. The molecule has 1 aromatic heterocycles. The number of carbonyl (C=O) groups is 3. The van der Waals surface area contributed by atoms with Gasteiger partial charge >= 0.3 is 0 Å². The van der Waals surface area contributed by atoms with E-state index in [0.717, 1.165) is 10.9 Å². The number of benzene rings is 2. The van der Waals surface area contributed by atoms with E-state index in [4.69, 9.17) is 17.2 Å². The lowest BCUT2D eigenvalue weighted by Crippen LogP contribution is -2.53. The molecular formula is C26H34N8O4. The van der Waals surface area contributed by atoms with Crippen molar-refractivity contribution in [3.05, 3.63) is 65.7 Å². The Hall–Kier alpha value is -3.97. The zero-order chi connectivity index (χ0) is 27.7. The van der Waals surface area contributed by atoms with Crippen LogP contribution >= 0.6 is 0 Å². The first kappa shape index (κ1) is 28.6. The van der Waals surface area contributed by atoms with Crippen LogP contribution in [0.2, 0.25) is 0 Å². The number of nitrogens with one attached hydrogen (secondary N) is 2. The molecule has 3 aromatic rings. The number of hydrogen-bond acceptors (Lipinski definition) is 9. The van der Waals surface area contributed by atoms with Gasteiger partial charge in [0, 0.05) is 31.6 Å². The van der Waals surface area contributed by atoms with E-state index in [1.54, 1.807) is 36.4 Å². The average molecular weight is 523 g/mol. The third-order valence-electron chi connectivity index (χ3n) is 5.94. The van der Waals surface area contributed by atoms with Gasteiger partial charge in [-0.2, -0.15) is 0 Å². The third kappa shape index (κ3) is 7.52. The number of carbonyl (C=O) groups excluding carboxylic acids is 3. The van der Waals surface area contributed by atoms with Crippen LogP contribution in [-0.2, 0) is 14.4 Å². The standard InChI is InChI=1S/C26H34N8O4/c1-16-6-8-17(9-7-16)24(36)23(26(38)30-21-14-18-4-2-3-5-20(18)32-33-21)31-25(37)19(29)15-22(35)34(12-10-27)13-11-28/h2-9,14,19,23-24,36H,10-13,15,27-29H2,1H3,(H,31,37)(H,30,33,38)/t19-,23-,24+/m0/s1. The van der Waals surface area contributed by atoms with E-state index in [2.05, 4.69) is 20.8 Å². The van der Waals surface area contributed by atoms with E-state index in [0.29, 0.717) is 11.1 Å². The van der Waals surface area contributed by atoms with Crippen LogP contribution in [0.25, 0.3) is 10.9 Å². The SMILES string of the molecule is Cc1ccc([C@@H](O)[C@H](NC(=O)[C@@H](N)CC(=O)N(CCN)CCN)C(=O)Nc2cc3ccccc3nn2)cc1. The predicted molar refractivity (Wildman–Crippen MR) is 144 cm³/mol. The van der Waals surface area contributed by atoms with Crippen molar-refractivity contribution in [3.8, 4) is 0 Å². The number of fused-ring (bicyclic) bond motifs is 1. The molecule has 0 saturated heterocycles. The maximum Gasteiger partial charge on any atom is 0.251 e. The lowest BCUT2D eigenvalue weighted by atomic mass is 9.99. The normalized spacial score (nSPS) is 13.4. The summed E-state index contributed by atoms with van der Waals surface area (Å²) < 4.78 is 0. The molecule has 1 heterocycles. The first-order chi connectivity index (χ1) is 18.2. The molecule has 3 atom stereocenters. The summed E-state index contributed by atoms with van der Waals surface area (Å²) in [4.78, 5) is 40.3. The van der Waals surface area contributed by atoms with E-state index in [1.807, 2.05) is 25.1 Å². The quantitative estimate of drug-likeness (QED) is 0.182. The van der Waals surface area contributed by atoms with Crippen LogP contribution in [0.1, 0.15) is 23.7 Å². The van der Waals surface area contributed by atoms with Crippen molar-refractivity contribution in [2.75, 3.05) is 31.5 Å². The van der Waals surface area contributed by atoms with Crippen LogP contribution in [0, 0.1) is 6.92 Å². The van der Waals surface area contributed by atoms with Crippen molar-refractivity contribution in [3.63, 3.8) is 0 Å². The number of aryl methyl sites for hydroxylation is 1. The van der Waals surface area contributed by atoms with Crippen LogP contribution < -0.4 is 27.8 Å². The Kier molecular flexibility index (Phi) is 10.2. The van der Waals surface area contributed by atoms with E-state index >= 15 is 0 Å². The van der Waals surface area contributed by atoms with Crippen molar-refractivity contribution in [1.82, 2.24) is 20.4 Å². The minimum atomic E-state index is -1.44. The number of aromatic nitrogens is 2. The molecule has 12 nitrogen and oxygen atoms in total. The van der Waals surface area contributed by atoms with Crippen molar-refractivity contribution in [2.24, 2.45) is 17.2 Å². The first-order valence-electron chi connectivity index (χ1n) is 12.2. The number of anilines is 1. The molecule has 12 heteroatoms. The zero-order valence-corrected chi connectivity index (χ0v) is 21.2. The van der Waals surface area contributed by atoms with Crippen molar-refractivity contribution < 1.29 is 19.5 Å². The molecule has 0 radical (unpaired) electrons. The largest absolute Gasteiger partial charge is 0.386 e. The van der Waals surface area contributed by atoms with Gasteiger partial charge in [0.2, 0.25) is 11.8 Å². The Morgan fingerprint density at radius 3 is 2.29 bits per heavy atom. The van der Waals surface area contributed by atoms with Gasteiger partial charge in [-0.3, -0.25) is 14.4 Å². The number of rotatable bonds is 12. The minimum Gasteiger partial charge on any atom is -0.386 e. The molecule has 3 rings (SSSR count). The fourth-order valence-corrected chi connectivity index (χ4v) is 3.84. The fourth-order valence-electron chi connectivity index (χ4n) is 3.84. The number of aliphatic hydroxyl groups is 1. The maximum absolute atomic E-state index is 13.3. The van der Waals surface area contributed by atoms with Gasteiger partial charge in [0.25, 0.3) is 5.91 Å². The summed E-state index contributed by atoms with van der Waals surface area (Å²) >= 11 is 0. The minimum absolute atomic E-state index is 0.141. The molecule has 0 aliphatic heterocycles. The van der Waals surface area contributed by atoms with Crippen LogP contribution in [0.15, 0.2) is 54.6 Å². The second kappa shape index (κ2) is 13.5. The topological polar surface area (TPSA) is 203 Å². The van der Waals surface area contributed by atoms with Crippen molar-refractivity contribution >= 4 is 34.4 Å². The van der Waals surface area contributed by atoms with E-state index < -0.39 is 35.9 Å². The molecule has 0 saturated carbocycles. The van der Waals surface area contributed by atoms with Crippen LogP contribution in [0.4, 0.5) is 5.82 Å². The summed E-state index contributed by atoms with van der Waals surface area (Å²) in [5, 5.41) is 25.0. The second-order valence-corrected chi connectivity index (χ2v) is 8.89. The molecule has 0 aliphatic rings. The summed E-state index contributed by atoms with van der Waals surface area (Å²) in [5.74, 6) is -1.77. The molecule has 0 aliphatic carbocycles. The van der Waals surface area contributed by atoms with Gasteiger partial charge < -0.3 is 37.8 Å². The number of aliphatic hydroxyl groups excluding tert-OH is 1. The van der Waals surface area contributed by atoms with Crippen molar-refractivity contribution in [2.45, 2.75) is 31.5 Å². The highest BCUT2D eigenvalue weighted by Crippen LogP contribution is 2.20. The molecule has 0 fully saturated rings. The van der Waals surface area contributed by atoms with Gasteiger partial charge in [-0.1, -0.05) is 48.0 Å². The molecule has 0 spiro atoms. The lowest BCUT2D eigenvalue weighted by molar-refractivity contribution is -0.135. The smallest absolute Gasteiger partial charge is 0.251 e. The van der Waals surface area contributed by atoms with Gasteiger partial charge in [0.1, 0.15) is 12.1 Å². The van der Waals surface area contributed by atoms with Gasteiger partial charge in [-0.15, -0.1) is 10.2 Å². The summed E-state index contributed by atoms with van der Waals surface area (Å²) in [7, 11) is 0. The Labute approximate surface area is 220 Å². The first-order valence-corrected chi connectivity index (χ1v) is 12.2. The van der Waals surface area contributed by atoms with E-state index in [9.17, 15) is 19.5 Å². The number of nitrogens with zero attached hydrogens (tertiary/aromatic N) is 3. The predicted octanol–water partition coefficient (Wildman–Crippen LogP) is -0.441. The maximum atomic E-state index is 13.3. The molecular weight excluding hydrogens is 488 g/mol. The molecule has 3 amide bonds. The lowest BCUT2D eigenvalue weighted by Gasteiger charge is -2.26. The van der Waals surface area contributed by atoms with Crippen molar-refractivity contribution in [1.29, 1.82) is 0 Å². The van der Waals surface area contributed by atoms with Gasteiger partial charge in [-0.25, -0.2) is 0 Å². The summed E-state index contributed by atoms with van der Waals surface area (Å²) in [6, 6.07) is 13.0. The highest BCUT2D eigenvalue weighted by atomic mass is 16.3. The zero-order valence-electron chi connectivity index (χ0n) is 21.2. The van der Waals surface area contributed by atoms with Gasteiger partial charge in [0.15, 0.2) is 5.82 Å². The molecule has 38 heavy (non-hydrogen) atoms. The second-order valence-electron chi connectivity index (χ2n) is 8.89. The summed E-state index contributed by atoms with van der Waals surface area (Å²) in [6.45, 7) is 2.89. The third-order valence-corrected chi connectivity index (χ3v) is 5.94. The Morgan fingerprint density at radius 1 is 0.974 bits per heavy atom. The van der Waals surface area contributed by atoms with E-state index in [1.165, 1.54) is 4.90 Å². The average Bonchev–Trinajstić information content (AvgIpc) is 2.91. The Balaban J connectivity index is 1.79. The summed E-state index contributed by atoms with van der Waals surface area (Å²) in [6.07, 6.45) is -1.74.